The van der Waals surface area contributed by atoms with Crippen molar-refractivity contribution in [2.24, 2.45) is 0 Å². The number of carbonyl (C=O) groups excluding carboxylic acids is 2. The number of aliphatic hydroxyl groups excluding tert-OH is 2. The van der Waals surface area contributed by atoms with E-state index in [4.69, 9.17) is 9.47 Å². The monoisotopic (exact) mass is 652 g/mol. The van der Waals surface area contributed by atoms with Gasteiger partial charge in [-0.15, -0.1) is 0 Å². The van der Waals surface area contributed by atoms with Gasteiger partial charge in [0.05, 0.1) is 26.4 Å². The Labute approximate surface area is 296 Å². The number of aliphatic carboxylic acids is 1. The van der Waals surface area contributed by atoms with Gasteiger partial charge in [-0.25, -0.2) is 4.39 Å². The number of para-hydroxylation sites is 1. The molecule has 3 aromatic carbocycles. The molecule has 11 heteroatoms. The van der Waals surface area contributed by atoms with Gasteiger partial charge < -0.3 is 39.5 Å². The van der Waals surface area contributed by atoms with Crippen molar-refractivity contribution in [2.45, 2.75) is 51.5 Å². The third-order valence-corrected chi connectivity index (χ3v) is 7.49. The fourth-order valence-electron chi connectivity index (χ4n) is 5.51. The molecule has 0 saturated carbocycles. The molecule has 0 spiro atoms. The molecule has 242 valence electrons. The molecule has 0 unspecified atom stereocenters. The Morgan fingerprint density at radius 1 is 0.936 bits per heavy atom. The van der Waals surface area contributed by atoms with E-state index >= 15 is 0 Å². The van der Waals surface area contributed by atoms with Crippen LogP contribution in [0.15, 0.2) is 78.9 Å². The Bertz CT molecular complexity index is 1690. The van der Waals surface area contributed by atoms with Gasteiger partial charge in [0.1, 0.15) is 11.5 Å². The minimum atomic E-state index is -1.43. The summed E-state index contributed by atoms with van der Waals surface area (Å²) in [5.74, 6) is -1.21. The number of hydrogen-bond acceptors (Lipinski definition) is 7. The number of methoxy groups -OCH3 is 2. The van der Waals surface area contributed by atoms with Gasteiger partial charge in [0.25, 0.3) is 5.91 Å². The second-order valence-electron chi connectivity index (χ2n) is 11.0. The van der Waals surface area contributed by atoms with E-state index in [1.807, 2.05) is 54.8 Å². The van der Waals surface area contributed by atoms with E-state index in [0.717, 1.165) is 5.56 Å². The quantitative estimate of drug-likeness (QED) is 0.177. The van der Waals surface area contributed by atoms with Gasteiger partial charge in [-0.3, -0.25) is 4.79 Å². The van der Waals surface area contributed by atoms with Crippen molar-refractivity contribution >= 4 is 18.0 Å². The number of halogens is 1. The standard InChI is InChI=1S/C36H39FN2O7.Na/c1-22(2)39-29(18-17-27(40)19-28(41)20-31(42)43)32(24-13-15-26(37)16-14-24)33(23-9-6-5-7-10-23)34(39)36(44)38-21-25-11-8-12-30(45-3)35(25)46-4;/h5-18,22,27-28,40-41H,19-21H2,1-4H3,(H,38,44)(H,42,43);/q;+1/p-1/b18-17+;/t27-,28-;/m1./s1. The summed E-state index contributed by atoms with van der Waals surface area (Å²) < 4.78 is 26.9. The largest absolute Gasteiger partial charge is 1.00 e. The van der Waals surface area contributed by atoms with Gasteiger partial charge in [-0.1, -0.05) is 60.7 Å². The molecule has 9 nitrogen and oxygen atoms in total. The predicted octanol–water partition coefficient (Wildman–Crippen LogP) is 1.76. The first-order chi connectivity index (χ1) is 22.0. The number of nitrogens with one attached hydrogen (secondary N) is 1. The van der Waals surface area contributed by atoms with E-state index in [1.54, 1.807) is 30.3 Å². The van der Waals surface area contributed by atoms with Gasteiger partial charge in [0.15, 0.2) is 11.5 Å². The molecule has 0 aliphatic heterocycles. The van der Waals surface area contributed by atoms with Crippen molar-refractivity contribution in [2.75, 3.05) is 14.2 Å². The zero-order chi connectivity index (χ0) is 33.4. The number of ether oxygens (including phenoxy) is 2. The molecule has 3 N–H and O–H groups in total. The number of aromatic nitrogens is 1. The summed E-state index contributed by atoms with van der Waals surface area (Å²) in [6.45, 7) is 3.97. The molecule has 47 heavy (non-hydrogen) atoms. The van der Waals surface area contributed by atoms with Crippen LogP contribution < -0.4 is 49.5 Å². The van der Waals surface area contributed by atoms with E-state index < -0.39 is 30.4 Å². The minimum absolute atomic E-state index is 0. The summed E-state index contributed by atoms with van der Waals surface area (Å²) in [5.41, 5.74) is 4.20. The number of hydrogen-bond donors (Lipinski definition) is 3. The van der Waals surface area contributed by atoms with E-state index in [-0.39, 0.29) is 54.5 Å². The molecule has 0 aliphatic carbocycles. The van der Waals surface area contributed by atoms with Crippen LogP contribution in [0.1, 0.15) is 54.5 Å². The normalized spacial score (nSPS) is 12.4. The van der Waals surface area contributed by atoms with Gasteiger partial charge >= 0.3 is 29.6 Å². The average molecular weight is 653 g/mol. The molecular weight excluding hydrogens is 614 g/mol. The molecule has 4 rings (SSSR count). The van der Waals surface area contributed by atoms with Crippen molar-refractivity contribution in [1.82, 2.24) is 9.88 Å². The molecular formula is C36H38FN2NaO7. The Kier molecular flexibility index (Phi) is 13.8. The van der Waals surface area contributed by atoms with Crippen LogP contribution in [0, 0.1) is 5.82 Å². The molecule has 1 amide bonds. The molecule has 2 atom stereocenters. The molecule has 0 fully saturated rings. The third kappa shape index (κ3) is 9.12. The Hall–Kier alpha value is -3.93. The third-order valence-electron chi connectivity index (χ3n) is 7.49. The number of rotatable bonds is 14. The number of carboxylic acid groups (broad SMARTS) is 1. The van der Waals surface area contributed by atoms with Crippen molar-refractivity contribution in [3.05, 3.63) is 102 Å². The SMILES string of the molecule is COc1cccc(CNC(=O)c2c(-c3ccccc3)c(-c3ccc(F)cc3)c(/C=C/[C@@H](O)C[C@@H](O)CC(=O)[O-])n2C(C)C)c1OC.[Na+]. The zero-order valence-corrected chi connectivity index (χ0v) is 29.2. The molecule has 0 aliphatic rings. The van der Waals surface area contributed by atoms with Crippen LogP contribution in [0.25, 0.3) is 28.3 Å². The zero-order valence-electron chi connectivity index (χ0n) is 27.2. The number of benzene rings is 3. The maximum absolute atomic E-state index is 14.3. The number of aliphatic hydroxyl groups is 2. The van der Waals surface area contributed by atoms with E-state index in [9.17, 15) is 29.3 Å². The van der Waals surface area contributed by atoms with Gasteiger partial charge in [0, 0.05) is 53.8 Å². The topological polar surface area (TPSA) is 133 Å². The Morgan fingerprint density at radius 3 is 2.19 bits per heavy atom. The van der Waals surface area contributed by atoms with Crippen molar-refractivity contribution in [3.63, 3.8) is 0 Å². The maximum Gasteiger partial charge on any atom is 1.00 e. The maximum atomic E-state index is 14.3. The molecule has 1 heterocycles. The first-order valence-electron chi connectivity index (χ1n) is 14.9. The van der Waals surface area contributed by atoms with Crippen molar-refractivity contribution < 1.29 is 68.3 Å². The van der Waals surface area contributed by atoms with E-state index in [2.05, 4.69) is 5.32 Å². The first-order valence-corrected chi connectivity index (χ1v) is 14.9. The Morgan fingerprint density at radius 2 is 1.60 bits per heavy atom. The van der Waals surface area contributed by atoms with Crippen LogP contribution in [0.2, 0.25) is 0 Å². The minimum Gasteiger partial charge on any atom is -0.550 e. The second kappa shape index (κ2) is 17.3. The van der Waals surface area contributed by atoms with Crippen LogP contribution in [-0.2, 0) is 11.3 Å². The smallest absolute Gasteiger partial charge is 0.550 e. The summed E-state index contributed by atoms with van der Waals surface area (Å²) in [7, 11) is 3.06. The van der Waals surface area contributed by atoms with Gasteiger partial charge in [0.2, 0.25) is 0 Å². The van der Waals surface area contributed by atoms with Gasteiger partial charge in [-0.05, 0) is 49.2 Å². The second-order valence-corrected chi connectivity index (χ2v) is 11.0. The summed E-state index contributed by atoms with van der Waals surface area (Å²) in [5, 5.41) is 34.7. The first kappa shape index (κ1) is 37.5. The Balaban J connectivity index is 0.00000600. The molecule has 0 bridgehead atoms. The van der Waals surface area contributed by atoms with Crippen molar-refractivity contribution in [1.29, 1.82) is 0 Å². The number of carbonyl (C=O) groups is 2. The van der Waals surface area contributed by atoms with E-state index in [0.29, 0.717) is 45.1 Å². The fraction of sp³-hybridized carbons (Fsp3) is 0.278. The number of carboxylic acids is 1. The average Bonchev–Trinajstić information content (AvgIpc) is 3.38. The van der Waals surface area contributed by atoms with E-state index in [1.165, 1.54) is 32.4 Å². The summed E-state index contributed by atoms with van der Waals surface area (Å²) in [4.78, 5) is 25.2. The summed E-state index contributed by atoms with van der Waals surface area (Å²) >= 11 is 0. The van der Waals surface area contributed by atoms with Gasteiger partial charge in [-0.2, -0.15) is 0 Å². The van der Waals surface area contributed by atoms with Crippen LogP contribution >= 0.6 is 0 Å². The van der Waals surface area contributed by atoms with Crippen molar-refractivity contribution in [3.8, 4) is 33.8 Å². The fourth-order valence-corrected chi connectivity index (χ4v) is 5.51. The van der Waals surface area contributed by atoms with Crippen LogP contribution in [0.3, 0.4) is 0 Å². The predicted molar refractivity (Wildman–Crippen MR) is 172 cm³/mol. The van der Waals surface area contributed by atoms with Crippen LogP contribution in [0.4, 0.5) is 4.39 Å². The molecule has 1 aromatic heterocycles. The molecule has 0 radical (unpaired) electrons. The number of amides is 1. The van der Waals surface area contributed by atoms with Crippen LogP contribution in [-0.4, -0.2) is 53.1 Å². The molecule has 4 aromatic rings. The molecule has 0 saturated heterocycles. The van der Waals surface area contributed by atoms with Crippen LogP contribution in [0.5, 0.6) is 11.5 Å². The summed E-state index contributed by atoms with van der Waals surface area (Å²) in [6, 6.07) is 20.4. The number of nitrogens with zero attached hydrogens (tertiary/aromatic N) is 1. The summed E-state index contributed by atoms with van der Waals surface area (Å²) in [6.07, 6.45) is -0.285.